The minimum atomic E-state index is -0.327. The molecule has 0 N–H and O–H groups in total. The number of aromatic nitrogens is 1. The highest BCUT2D eigenvalue weighted by molar-refractivity contribution is 6.30. The summed E-state index contributed by atoms with van der Waals surface area (Å²) in [5.41, 5.74) is 1.09. The number of amides is 1. The van der Waals surface area contributed by atoms with Crippen molar-refractivity contribution in [2.75, 3.05) is 24.5 Å². The number of hydrogen-bond acceptors (Lipinski definition) is 3. The van der Waals surface area contributed by atoms with E-state index < -0.39 is 0 Å². The lowest BCUT2D eigenvalue weighted by Crippen LogP contribution is -2.50. The largest absolute Gasteiger partial charge is 0.355 e. The summed E-state index contributed by atoms with van der Waals surface area (Å²) in [5, 5.41) is 0.705. The highest BCUT2D eigenvalue weighted by Crippen LogP contribution is 2.33. The van der Waals surface area contributed by atoms with E-state index in [9.17, 15) is 9.18 Å². The van der Waals surface area contributed by atoms with Crippen molar-refractivity contribution in [3.05, 3.63) is 59.0 Å². The molecule has 2 fully saturated rings. The molecule has 4 rings (SSSR count). The molecule has 0 spiro atoms. The van der Waals surface area contributed by atoms with E-state index in [0.717, 1.165) is 43.9 Å². The molecule has 142 valence electrons. The fourth-order valence-electron chi connectivity index (χ4n) is 4.30. The van der Waals surface area contributed by atoms with Crippen molar-refractivity contribution in [2.45, 2.75) is 31.7 Å². The zero-order chi connectivity index (χ0) is 18.8. The van der Waals surface area contributed by atoms with Crippen LogP contribution in [0.3, 0.4) is 0 Å². The zero-order valence-corrected chi connectivity index (χ0v) is 15.9. The van der Waals surface area contributed by atoms with Gasteiger partial charge in [-0.1, -0.05) is 23.7 Å². The van der Waals surface area contributed by atoms with Crippen LogP contribution in [0.2, 0.25) is 5.02 Å². The third kappa shape index (κ3) is 4.08. The summed E-state index contributed by atoms with van der Waals surface area (Å²) in [5.74, 6) is 1.22. The lowest BCUT2D eigenvalue weighted by Gasteiger charge is -2.39. The van der Waals surface area contributed by atoms with Crippen molar-refractivity contribution in [1.29, 1.82) is 0 Å². The average molecular weight is 388 g/mol. The van der Waals surface area contributed by atoms with Crippen molar-refractivity contribution in [1.82, 2.24) is 9.88 Å². The molecule has 1 aromatic heterocycles. The summed E-state index contributed by atoms with van der Waals surface area (Å²) in [6.45, 7) is 2.50. The van der Waals surface area contributed by atoms with Crippen LogP contribution in [0, 0.1) is 11.7 Å². The average Bonchev–Trinajstić information content (AvgIpc) is 3.10. The minimum Gasteiger partial charge on any atom is -0.355 e. The Kier molecular flexibility index (Phi) is 5.30. The number of rotatable bonds is 4. The molecule has 2 unspecified atom stereocenters. The van der Waals surface area contributed by atoms with Gasteiger partial charge in [-0.05, 0) is 55.0 Å². The van der Waals surface area contributed by atoms with Crippen LogP contribution in [0.15, 0.2) is 42.6 Å². The number of anilines is 1. The minimum absolute atomic E-state index is 0.205. The first-order valence-corrected chi connectivity index (χ1v) is 9.88. The maximum absolute atomic E-state index is 13.1. The van der Waals surface area contributed by atoms with E-state index in [1.807, 2.05) is 29.2 Å². The summed E-state index contributed by atoms with van der Waals surface area (Å²) >= 11 is 6.03. The molecule has 0 bridgehead atoms. The molecule has 4 nitrogen and oxygen atoms in total. The van der Waals surface area contributed by atoms with Gasteiger partial charge in [0.2, 0.25) is 5.91 Å². The highest BCUT2D eigenvalue weighted by Gasteiger charge is 2.40. The number of likely N-dealkylation sites (tertiary alicyclic amines) is 1. The molecule has 1 aromatic carbocycles. The number of halogens is 2. The second-order valence-electron chi connectivity index (χ2n) is 7.40. The number of nitrogens with zero attached hydrogens (tertiary/aromatic N) is 3. The number of hydrogen-bond donors (Lipinski definition) is 0. The standard InChI is InChI=1S/C21H23ClFN3O/c22-17-3-1-2-15(12-17)4-7-21(27)26-11-9-16-8-10-25(14-19(16)26)20-6-5-18(23)13-24-20/h1-3,5-6,12-13,16,19H,4,7-11,14H2. The molecular formula is C21H23ClFN3O. The molecule has 0 radical (unpaired) electrons. The van der Waals surface area contributed by atoms with Crippen LogP contribution in [0.25, 0.3) is 0 Å². The molecule has 1 amide bonds. The van der Waals surface area contributed by atoms with Crippen molar-refractivity contribution >= 4 is 23.3 Å². The summed E-state index contributed by atoms with van der Waals surface area (Å²) in [6.07, 6.45) is 4.57. The Morgan fingerprint density at radius 1 is 1.22 bits per heavy atom. The lowest BCUT2D eigenvalue weighted by atomic mass is 9.92. The van der Waals surface area contributed by atoms with E-state index in [1.165, 1.54) is 12.3 Å². The Morgan fingerprint density at radius 3 is 2.85 bits per heavy atom. The van der Waals surface area contributed by atoms with Gasteiger partial charge < -0.3 is 9.80 Å². The SMILES string of the molecule is O=C(CCc1cccc(Cl)c1)N1CCC2CCN(c3ccc(F)cn3)CC21. The van der Waals surface area contributed by atoms with Gasteiger partial charge in [-0.2, -0.15) is 0 Å². The first-order chi connectivity index (χ1) is 13.1. The Labute approximate surface area is 163 Å². The van der Waals surface area contributed by atoms with E-state index in [4.69, 9.17) is 11.6 Å². The van der Waals surface area contributed by atoms with E-state index >= 15 is 0 Å². The van der Waals surface area contributed by atoms with Crippen molar-refractivity contribution in [3.8, 4) is 0 Å². The molecule has 2 aliphatic rings. The highest BCUT2D eigenvalue weighted by atomic mass is 35.5. The van der Waals surface area contributed by atoms with Crippen molar-refractivity contribution in [2.24, 2.45) is 5.92 Å². The number of fused-ring (bicyclic) bond motifs is 1. The fourth-order valence-corrected chi connectivity index (χ4v) is 4.51. The quantitative estimate of drug-likeness (QED) is 0.797. The van der Waals surface area contributed by atoms with Gasteiger partial charge in [0, 0.05) is 31.1 Å². The van der Waals surface area contributed by atoms with E-state index in [1.54, 1.807) is 6.07 Å². The van der Waals surface area contributed by atoms with Gasteiger partial charge in [0.25, 0.3) is 0 Å². The number of pyridine rings is 1. The van der Waals surface area contributed by atoms with Gasteiger partial charge in [0.15, 0.2) is 0 Å². The first-order valence-electron chi connectivity index (χ1n) is 9.50. The monoisotopic (exact) mass is 387 g/mol. The van der Waals surface area contributed by atoms with Gasteiger partial charge in [0.05, 0.1) is 12.2 Å². The third-order valence-electron chi connectivity index (χ3n) is 5.74. The van der Waals surface area contributed by atoms with Crippen molar-refractivity contribution in [3.63, 3.8) is 0 Å². The molecule has 2 aliphatic heterocycles. The van der Waals surface area contributed by atoms with Gasteiger partial charge in [-0.15, -0.1) is 0 Å². The van der Waals surface area contributed by atoms with E-state index in [-0.39, 0.29) is 17.8 Å². The summed E-state index contributed by atoms with van der Waals surface area (Å²) in [6, 6.07) is 11.1. The maximum atomic E-state index is 13.1. The van der Waals surface area contributed by atoms with Crippen molar-refractivity contribution < 1.29 is 9.18 Å². The first kappa shape index (κ1) is 18.2. The van der Waals surface area contributed by atoms with Crippen LogP contribution in [-0.2, 0) is 11.2 Å². The maximum Gasteiger partial charge on any atom is 0.223 e. The van der Waals surface area contributed by atoms with Crippen LogP contribution in [0.4, 0.5) is 10.2 Å². The lowest BCUT2D eigenvalue weighted by molar-refractivity contribution is -0.132. The topological polar surface area (TPSA) is 36.4 Å². The number of aryl methyl sites for hydroxylation is 1. The summed E-state index contributed by atoms with van der Waals surface area (Å²) < 4.78 is 13.1. The van der Waals surface area contributed by atoms with Crippen LogP contribution >= 0.6 is 11.6 Å². The molecule has 6 heteroatoms. The number of carbonyl (C=O) groups is 1. The molecule has 2 atom stereocenters. The van der Waals surface area contributed by atoms with Crippen LogP contribution in [0.1, 0.15) is 24.8 Å². The second kappa shape index (κ2) is 7.85. The summed E-state index contributed by atoms with van der Waals surface area (Å²) in [4.78, 5) is 21.3. The summed E-state index contributed by atoms with van der Waals surface area (Å²) in [7, 11) is 0. The van der Waals surface area contributed by atoms with Crippen LogP contribution in [0.5, 0.6) is 0 Å². The molecule has 27 heavy (non-hydrogen) atoms. The number of piperidine rings is 1. The predicted octanol–water partition coefficient (Wildman–Crippen LogP) is 3.93. The zero-order valence-electron chi connectivity index (χ0n) is 15.2. The number of benzene rings is 1. The Bertz CT molecular complexity index is 813. The van der Waals surface area contributed by atoms with Crippen LogP contribution < -0.4 is 4.90 Å². The molecule has 0 aliphatic carbocycles. The van der Waals surface area contributed by atoms with E-state index in [2.05, 4.69) is 9.88 Å². The number of carbonyl (C=O) groups excluding carboxylic acids is 1. The van der Waals surface area contributed by atoms with Crippen LogP contribution in [-0.4, -0.2) is 41.5 Å². The third-order valence-corrected chi connectivity index (χ3v) is 5.97. The Balaban J connectivity index is 1.40. The fraction of sp³-hybridized carbons (Fsp3) is 0.429. The molecule has 0 saturated carbocycles. The Hall–Kier alpha value is -2.14. The second-order valence-corrected chi connectivity index (χ2v) is 7.84. The van der Waals surface area contributed by atoms with Gasteiger partial charge in [-0.25, -0.2) is 9.37 Å². The molecule has 3 heterocycles. The predicted molar refractivity (Wildman–Crippen MR) is 104 cm³/mol. The van der Waals surface area contributed by atoms with Gasteiger partial charge in [0.1, 0.15) is 11.6 Å². The normalized spacial score (nSPS) is 22.0. The smallest absolute Gasteiger partial charge is 0.223 e. The molecule has 2 aromatic rings. The van der Waals surface area contributed by atoms with E-state index in [0.29, 0.717) is 23.8 Å². The Morgan fingerprint density at radius 2 is 2.07 bits per heavy atom. The van der Waals surface area contributed by atoms with Gasteiger partial charge >= 0.3 is 0 Å². The molecule has 2 saturated heterocycles. The molecular weight excluding hydrogens is 365 g/mol. The van der Waals surface area contributed by atoms with Gasteiger partial charge in [-0.3, -0.25) is 4.79 Å².